The molecule has 0 bridgehead atoms. The quantitative estimate of drug-likeness (QED) is 0.510. The largest absolute Gasteiger partial charge is 0.461 e. The van der Waals surface area contributed by atoms with Crippen LogP contribution in [0.3, 0.4) is 0 Å². The molecule has 0 aromatic heterocycles. The zero-order valence-electron chi connectivity index (χ0n) is 10.2. The first-order valence-electron chi connectivity index (χ1n) is 5.53. The van der Waals surface area contributed by atoms with Crippen LogP contribution in [0.4, 0.5) is 5.69 Å². The second-order valence-corrected chi connectivity index (χ2v) is 4.21. The molecule has 0 aliphatic carbocycles. The van der Waals surface area contributed by atoms with Crippen LogP contribution in [0.1, 0.15) is 20.3 Å². The second kappa shape index (κ2) is 7.24. The topological polar surface area (TPSA) is 50.7 Å². The van der Waals surface area contributed by atoms with Crippen LogP contribution in [0.2, 0.25) is 10.0 Å². The number of halogens is 2. The van der Waals surface area contributed by atoms with E-state index in [-0.39, 0.29) is 0 Å². The van der Waals surface area contributed by atoms with Crippen molar-refractivity contribution in [2.75, 3.05) is 12.0 Å². The summed E-state index contributed by atoms with van der Waals surface area (Å²) in [5.74, 6) is -0.433. The monoisotopic (exact) mass is 288 g/mol. The maximum atomic E-state index is 11.5. The van der Waals surface area contributed by atoms with E-state index < -0.39 is 5.97 Å². The number of esters is 1. The molecule has 0 heterocycles. The molecule has 0 amide bonds. The molecule has 0 aliphatic rings. The van der Waals surface area contributed by atoms with E-state index in [0.29, 0.717) is 34.5 Å². The predicted octanol–water partition coefficient (Wildman–Crippen LogP) is 3.73. The third kappa shape index (κ3) is 4.20. The Morgan fingerprint density at radius 3 is 2.67 bits per heavy atom. The molecule has 0 saturated heterocycles. The van der Waals surface area contributed by atoms with E-state index in [0.717, 1.165) is 0 Å². The summed E-state index contributed by atoms with van der Waals surface area (Å²) in [5, 5.41) is 4.96. The third-order valence-corrected chi connectivity index (χ3v) is 2.64. The molecule has 1 aromatic rings. The predicted molar refractivity (Wildman–Crippen MR) is 74.4 cm³/mol. The SMILES string of the molecule is CCOC(=O)/C(CC)=N\Nc1ccc(Cl)cc1Cl. The van der Waals surface area contributed by atoms with Gasteiger partial charge in [0, 0.05) is 5.02 Å². The molecule has 18 heavy (non-hydrogen) atoms. The summed E-state index contributed by atoms with van der Waals surface area (Å²) in [6.45, 7) is 3.88. The molecule has 0 radical (unpaired) electrons. The molecule has 0 unspecified atom stereocenters. The van der Waals surface area contributed by atoms with Crippen molar-refractivity contribution in [1.82, 2.24) is 0 Å². The number of nitrogens with zero attached hydrogens (tertiary/aromatic N) is 1. The van der Waals surface area contributed by atoms with Crippen molar-refractivity contribution in [2.45, 2.75) is 20.3 Å². The summed E-state index contributed by atoms with van der Waals surface area (Å²) in [4.78, 5) is 11.5. The van der Waals surface area contributed by atoms with E-state index in [1.807, 2.05) is 6.92 Å². The van der Waals surface area contributed by atoms with Crippen LogP contribution in [-0.4, -0.2) is 18.3 Å². The van der Waals surface area contributed by atoms with Gasteiger partial charge in [-0.15, -0.1) is 0 Å². The Hall–Kier alpha value is -1.26. The Kier molecular flexibility index (Phi) is 5.95. The first-order chi connectivity index (χ1) is 8.58. The fourth-order valence-electron chi connectivity index (χ4n) is 1.19. The average Bonchev–Trinajstić information content (AvgIpc) is 2.32. The maximum absolute atomic E-state index is 11.5. The van der Waals surface area contributed by atoms with Gasteiger partial charge in [-0.25, -0.2) is 4.79 Å². The van der Waals surface area contributed by atoms with Gasteiger partial charge in [-0.1, -0.05) is 30.1 Å². The Balaban J connectivity index is 2.79. The number of benzene rings is 1. The Bertz CT molecular complexity index is 461. The Morgan fingerprint density at radius 2 is 2.11 bits per heavy atom. The van der Waals surface area contributed by atoms with Crippen molar-refractivity contribution >= 4 is 40.6 Å². The van der Waals surface area contributed by atoms with E-state index in [9.17, 15) is 4.79 Å². The zero-order valence-corrected chi connectivity index (χ0v) is 11.7. The van der Waals surface area contributed by atoms with Gasteiger partial charge in [0.15, 0.2) is 0 Å². The van der Waals surface area contributed by atoms with Gasteiger partial charge in [-0.2, -0.15) is 5.10 Å². The van der Waals surface area contributed by atoms with Crippen molar-refractivity contribution in [3.05, 3.63) is 28.2 Å². The van der Waals surface area contributed by atoms with Gasteiger partial charge in [0.1, 0.15) is 5.71 Å². The summed E-state index contributed by atoms with van der Waals surface area (Å²) >= 11 is 11.7. The van der Waals surface area contributed by atoms with Crippen molar-refractivity contribution < 1.29 is 9.53 Å². The number of carbonyl (C=O) groups is 1. The summed E-state index contributed by atoms with van der Waals surface area (Å²) in [5.41, 5.74) is 3.62. The number of hydrazone groups is 1. The van der Waals surface area contributed by atoms with E-state index >= 15 is 0 Å². The third-order valence-electron chi connectivity index (χ3n) is 2.09. The zero-order chi connectivity index (χ0) is 13.5. The fourth-order valence-corrected chi connectivity index (χ4v) is 1.64. The van der Waals surface area contributed by atoms with Gasteiger partial charge in [0.25, 0.3) is 0 Å². The van der Waals surface area contributed by atoms with Crippen LogP contribution in [0.15, 0.2) is 23.3 Å². The molecule has 1 rings (SSSR count). The first-order valence-corrected chi connectivity index (χ1v) is 6.28. The van der Waals surface area contributed by atoms with Crippen molar-refractivity contribution in [2.24, 2.45) is 5.10 Å². The molecule has 98 valence electrons. The molecule has 0 aliphatic heterocycles. The van der Waals surface area contributed by atoms with Crippen LogP contribution in [0, 0.1) is 0 Å². The van der Waals surface area contributed by atoms with Crippen LogP contribution in [0.25, 0.3) is 0 Å². The van der Waals surface area contributed by atoms with Gasteiger partial charge in [0.05, 0.1) is 17.3 Å². The molecule has 6 heteroatoms. The van der Waals surface area contributed by atoms with Crippen LogP contribution < -0.4 is 5.43 Å². The summed E-state index contributed by atoms with van der Waals surface area (Å²) in [6, 6.07) is 4.96. The molecular weight excluding hydrogens is 275 g/mol. The van der Waals surface area contributed by atoms with Gasteiger partial charge >= 0.3 is 5.97 Å². The minimum absolute atomic E-state index is 0.308. The number of anilines is 1. The molecule has 0 fully saturated rings. The van der Waals surface area contributed by atoms with Gasteiger partial charge in [-0.3, -0.25) is 5.43 Å². The Labute approximate surface area is 116 Å². The normalized spacial score (nSPS) is 11.2. The van der Waals surface area contributed by atoms with E-state index in [1.54, 1.807) is 25.1 Å². The van der Waals surface area contributed by atoms with Crippen molar-refractivity contribution in [3.63, 3.8) is 0 Å². The highest BCUT2D eigenvalue weighted by Gasteiger charge is 2.10. The second-order valence-electron chi connectivity index (χ2n) is 3.37. The lowest BCUT2D eigenvalue weighted by molar-refractivity contribution is -0.135. The molecule has 1 N–H and O–H groups in total. The highest BCUT2D eigenvalue weighted by molar-refractivity contribution is 6.37. The molecule has 0 atom stereocenters. The van der Waals surface area contributed by atoms with Gasteiger partial charge in [-0.05, 0) is 31.5 Å². The lowest BCUT2D eigenvalue weighted by atomic mass is 10.3. The highest BCUT2D eigenvalue weighted by Crippen LogP contribution is 2.25. The molecule has 1 aromatic carbocycles. The molecule has 0 saturated carbocycles. The molecule has 4 nitrogen and oxygen atoms in total. The van der Waals surface area contributed by atoms with Crippen LogP contribution in [0.5, 0.6) is 0 Å². The number of hydrogen-bond donors (Lipinski definition) is 1. The first kappa shape index (κ1) is 14.8. The average molecular weight is 289 g/mol. The smallest absolute Gasteiger partial charge is 0.354 e. The minimum atomic E-state index is -0.433. The van der Waals surface area contributed by atoms with E-state index in [1.165, 1.54) is 0 Å². The number of hydrogen-bond acceptors (Lipinski definition) is 4. The van der Waals surface area contributed by atoms with Crippen molar-refractivity contribution in [1.29, 1.82) is 0 Å². The van der Waals surface area contributed by atoms with Crippen LogP contribution in [-0.2, 0) is 9.53 Å². The number of rotatable bonds is 5. The summed E-state index contributed by atoms with van der Waals surface area (Å²) in [6.07, 6.45) is 0.469. The lowest BCUT2D eigenvalue weighted by Crippen LogP contribution is -2.18. The highest BCUT2D eigenvalue weighted by atomic mass is 35.5. The van der Waals surface area contributed by atoms with Gasteiger partial charge in [0.2, 0.25) is 0 Å². The number of ether oxygens (including phenoxy) is 1. The maximum Gasteiger partial charge on any atom is 0.354 e. The fraction of sp³-hybridized carbons (Fsp3) is 0.333. The van der Waals surface area contributed by atoms with Crippen molar-refractivity contribution in [3.8, 4) is 0 Å². The Morgan fingerprint density at radius 1 is 1.39 bits per heavy atom. The minimum Gasteiger partial charge on any atom is -0.461 e. The molecule has 0 spiro atoms. The number of carbonyl (C=O) groups excluding carboxylic acids is 1. The van der Waals surface area contributed by atoms with E-state index in [4.69, 9.17) is 27.9 Å². The summed E-state index contributed by atoms with van der Waals surface area (Å²) < 4.78 is 4.87. The number of nitrogens with one attached hydrogen (secondary N) is 1. The van der Waals surface area contributed by atoms with E-state index in [2.05, 4.69) is 10.5 Å². The lowest BCUT2D eigenvalue weighted by Gasteiger charge is -2.06. The molecular formula is C12H14Cl2N2O2. The van der Waals surface area contributed by atoms with Gasteiger partial charge < -0.3 is 4.74 Å². The summed E-state index contributed by atoms with van der Waals surface area (Å²) in [7, 11) is 0. The standard InChI is InChI=1S/C12H14Cl2N2O2/c1-3-10(12(17)18-4-2)15-16-11-6-5-8(13)7-9(11)14/h5-7,16H,3-4H2,1-2H3/b15-10-. The van der Waals surface area contributed by atoms with Crippen LogP contribution >= 0.6 is 23.2 Å².